The summed E-state index contributed by atoms with van der Waals surface area (Å²) in [6.07, 6.45) is 7.42. The Labute approximate surface area is 180 Å². The van der Waals surface area contributed by atoms with Crippen molar-refractivity contribution < 1.29 is 18.3 Å². The third kappa shape index (κ3) is 4.33. The highest BCUT2D eigenvalue weighted by atomic mass is 16.5. The lowest BCUT2D eigenvalue weighted by atomic mass is 10.1. The zero-order valence-corrected chi connectivity index (χ0v) is 17.8. The number of hydrogen-bond acceptors (Lipinski definition) is 6. The minimum absolute atomic E-state index is 0.661. The van der Waals surface area contributed by atoms with Crippen LogP contribution in [0.3, 0.4) is 0 Å². The van der Waals surface area contributed by atoms with Crippen LogP contribution in [0.25, 0.3) is 21.9 Å². The average Bonchev–Trinajstić information content (AvgIpc) is 3.40. The second-order valence-corrected chi connectivity index (χ2v) is 7.56. The molecule has 2 N–H and O–H groups in total. The average molecular weight is 418 g/mol. The van der Waals surface area contributed by atoms with Crippen LogP contribution in [-0.2, 0) is 12.8 Å². The van der Waals surface area contributed by atoms with Gasteiger partial charge in [0.2, 0.25) is 0 Å². The summed E-state index contributed by atoms with van der Waals surface area (Å²) in [5, 5.41) is 16.9. The molecule has 2 aromatic heterocycles. The van der Waals surface area contributed by atoms with E-state index in [4.69, 9.17) is 29.1 Å². The van der Waals surface area contributed by atoms with Crippen molar-refractivity contribution in [3.8, 4) is 11.5 Å². The topological polar surface area (TPSA) is 92.4 Å². The molecule has 6 nitrogen and oxygen atoms in total. The van der Waals surface area contributed by atoms with Crippen molar-refractivity contribution in [1.29, 1.82) is 10.8 Å². The number of methoxy groups -OCH3 is 2. The standard InChI is InChI=1S/C25H26N2O4/c1-28-22-10-16(14-26)8-18-12-20(30-24(18)22)6-4-3-5-7-21-13-19-9-17(15-27)11-23(29-2)25(19)31-21/h8-15,26-27H,3-7H2,1-2H3. The van der Waals surface area contributed by atoms with E-state index in [9.17, 15) is 0 Å². The van der Waals surface area contributed by atoms with Gasteiger partial charge in [0.15, 0.2) is 22.7 Å². The number of hydrogen-bond donors (Lipinski definition) is 2. The normalized spacial score (nSPS) is 11.2. The Kier molecular flexibility index (Phi) is 6.07. The molecule has 0 bridgehead atoms. The predicted octanol–water partition coefficient (Wildman–Crippen LogP) is 6.15. The third-order valence-electron chi connectivity index (χ3n) is 5.43. The van der Waals surface area contributed by atoms with Gasteiger partial charge in [-0.25, -0.2) is 0 Å². The molecule has 6 heteroatoms. The Morgan fingerprint density at radius 3 is 1.52 bits per heavy atom. The van der Waals surface area contributed by atoms with E-state index in [2.05, 4.69) is 0 Å². The lowest BCUT2D eigenvalue weighted by molar-refractivity contribution is 0.406. The van der Waals surface area contributed by atoms with E-state index in [1.807, 2.05) is 36.4 Å². The minimum Gasteiger partial charge on any atom is -0.493 e. The number of unbranched alkanes of at least 4 members (excludes halogenated alkanes) is 2. The molecule has 0 amide bonds. The van der Waals surface area contributed by atoms with E-state index in [-0.39, 0.29) is 0 Å². The molecular weight excluding hydrogens is 392 g/mol. The Morgan fingerprint density at radius 2 is 1.13 bits per heavy atom. The number of ether oxygens (including phenoxy) is 2. The summed E-state index contributed by atoms with van der Waals surface area (Å²) in [4.78, 5) is 0. The van der Waals surface area contributed by atoms with Crippen LogP contribution < -0.4 is 9.47 Å². The Balaban J connectivity index is 1.35. The Morgan fingerprint density at radius 1 is 0.677 bits per heavy atom. The summed E-state index contributed by atoms with van der Waals surface area (Å²) in [6.45, 7) is 0. The second kappa shape index (κ2) is 9.08. The maximum absolute atomic E-state index is 7.47. The van der Waals surface area contributed by atoms with Crippen molar-refractivity contribution in [3.05, 3.63) is 59.0 Å². The van der Waals surface area contributed by atoms with E-state index in [0.29, 0.717) is 11.5 Å². The first kappa shape index (κ1) is 20.7. The Hall–Kier alpha value is -3.54. The molecule has 0 atom stereocenters. The largest absolute Gasteiger partial charge is 0.493 e. The zero-order valence-electron chi connectivity index (χ0n) is 17.8. The van der Waals surface area contributed by atoms with Gasteiger partial charge in [0, 0.05) is 36.0 Å². The zero-order chi connectivity index (χ0) is 21.8. The highest BCUT2D eigenvalue weighted by Gasteiger charge is 2.12. The van der Waals surface area contributed by atoms with Crippen LogP contribution in [0.5, 0.6) is 11.5 Å². The van der Waals surface area contributed by atoms with Gasteiger partial charge in [0.05, 0.1) is 14.2 Å². The maximum atomic E-state index is 7.47. The van der Waals surface area contributed by atoms with Crippen LogP contribution in [-0.4, -0.2) is 26.6 Å². The van der Waals surface area contributed by atoms with Gasteiger partial charge in [-0.2, -0.15) is 0 Å². The molecule has 0 saturated heterocycles. The van der Waals surface area contributed by atoms with Crippen LogP contribution >= 0.6 is 0 Å². The van der Waals surface area contributed by atoms with Crippen LogP contribution in [0.4, 0.5) is 0 Å². The fourth-order valence-corrected chi connectivity index (χ4v) is 3.88. The third-order valence-corrected chi connectivity index (χ3v) is 5.43. The molecule has 0 saturated carbocycles. The van der Waals surface area contributed by atoms with Crippen molar-refractivity contribution in [2.45, 2.75) is 32.1 Å². The van der Waals surface area contributed by atoms with Gasteiger partial charge in [0.1, 0.15) is 11.5 Å². The summed E-state index contributed by atoms with van der Waals surface area (Å²) < 4.78 is 22.8. The summed E-state index contributed by atoms with van der Waals surface area (Å²) >= 11 is 0. The SMILES string of the molecule is COc1cc(C=N)cc2cc(CCCCCc3cc4cc(C=N)cc(OC)c4o3)oc12. The lowest BCUT2D eigenvalue weighted by Crippen LogP contribution is -1.87. The molecule has 0 aliphatic heterocycles. The van der Waals surface area contributed by atoms with Crippen LogP contribution in [0.2, 0.25) is 0 Å². The van der Waals surface area contributed by atoms with Crippen molar-refractivity contribution in [3.63, 3.8) is 0 Å². The molecule has 0 unspecified atom stereocenters. The van der Waals surface area contributed by atoms with Gasteiger partial charge < -0.3 is 29.1 Å². The van der Waals surface area contributed by atoms with Crippen LogP contribution in [0, 0.1) is 10.8 Å². The molecule has 0 radical (unpaired) electrons. The molecule has 0 aliphatic rings. The van der Waals surface area contributed by atoms with E-state index < -0.39 is 0 Å². The van der Waals surface area contributed by atoms with E-state index in [1.165, 1.54) is 12.4 Å². The highest BCUT2D eigenvalue weighted by Crippen LogP contribution is 2.32. The van der Waals surface area contributed by atoms with Gasteiger partial charge in [-0.15, -0.1) is 0 Å². The summed E-state index contributed by atoms with van der Waals surface area (Å²) in [5.74, 6) is 3.19. The molecule has 2 aromatic carbocycles. The number of benzene rings is 2. The molecule has 31 heavy (non-hydrogen) atoms. The molecular formula is C25H26N2O4. The number of nitrogens with one attached hydrogen (secondary N) is 2. The number of furan rings is 2. The molecule has 0 aliphatic carbocycles. The monoisotopic (exact) mass is 418 g/mol. The predicted molar refractivity (Wildman–Crippen MR) is 123 cm³/mol. The molecule has 4 aromatic rings. The van der Waals surface area contributed by atoms with Crippen LogP contribution in [0.1, 0.15) is 41.9 Å². The summed E-state index contributed by atoms with van der Waals surface area (Å²) in [7, 11) is 3.23. The molecule has 0 spiro atoms. The van der Waals surface area contributed by atoms with Crippen molar-refractivity contribution in [2.75, 3.05) is 14.2 Å². The summed E-state index contributed by atoms with van der Waals surface area (Å²) in [5.41, 5.74) is 3.08. The number of aryl methyl sites for hydroxylation is 2. The first-order valence-corrected chi connectivity index (χ1v) is 10.4. The maximum Gasteiger partial charge on any atom is 0.176 e. The fourth-order valence-electron chi connectivity index (χ4n) is 3.88. The van der Waals surface area contributed by atoms with E-state index in [0.717, 1.165) is 76.7 Å². The quantitative estimate of drug-likeness (QED) is 0.239. The van der Waals surface area contributed by atoms with Gasteiger partial charge in [-0.3, -0.25) is 0 Å². The van der Waals surface area contributed by atoms with Crippen molar-refractivity contribution in [1.82, 2.24) is 0 Å². The highest BCUT2D eigenvalue weighted by molar-refractivity contribution is 5.92. The van der Waals surface area contributed by atoms with Crippen molar-refractivity contribution in [2.24, 2.45) is 0 Å². The number of rotatable bonds is 10. The lowest BCUT2D eigenvalue weighted by Gasteiger charge is -2.02. The second-order valence-electron chi connectivity index (χ2n) is 7.56. The number of fused-ring (bicyclic) bond motifs is 2. The van der Waals surface area contributed by atoms with Crippen molar-refractivity contribution >= 4 is 34.4 Å². The minimum atomic E-state index is 0.661. The van der Waals surface area contributed by atoms with Gasteiger partial charge in [-0.1, -0.05) is 6.42 Å². The molecule has 0 fully saturated rings. The molecule has 2 heterocycles. The Bertz CT molecular complexity index is 1140. The van der Waals surface area contributed by atoms with Gasteiger partial charge in [-0.05, 0) is 60.4 Å². The van der Waals surface area contributed by atoms with Crippen LogP contribution in [0.15, 0.2) is 45.2 Å². The summed E-state index contributed by atoms with van der Waals surface area (Å²) in [6, 6.07) is 11.6. The molecule has 160 valence electrons. The fraction of sp³-hybridized carbons (Fsp3) is 0.280. The van der Waals surface area contributed by atoms with E-state index in [1.54, 1.807) is 14.2 Å². The first-order valence-electron chi connectivity index (χ1n) is 10.4. The molecule has 4 rings (SSSR count). The van der Waals surface area contributed by atoms with E-state index >= 15 is 0 Å². The van der Waals surface area contributed by atoms with Gasteiger partial charge >= 0.3 is 0 Å². The smallest absolute Gasteiger partial charge is 0.176 e. The first-order chi connectivity index (χ1) is 15.1. The van der Waals surface area contributed by atoms with Gasteiger partial charge in [0.25, 0.3) is 0 Å².